The monoisotopic (exact) mass is 173 g/mol. The van der Waals surface area contributed by atoms with Gasteiger partial charge in [-0.2, -0.15) is 4.99 Å². The van der Waals surface area contributed by atoms with Crippen molar-refractivity contribution in [2.75, 3.05) is 0 Å². The Morgan fingerprint density at radius 3 is 2.85 bits per heavy atom. The van der Waals surface area contributed by atoms with Gasteiger partial charge in [0.2, 0.25) is 0 Å². The Bertz CT molecular complexity index is 419. The van der Waals surface area contributed by atoms with Crippen molar-refractivity contribution in [3.05, 3.63) is 23.4 Å². The Hall–Kier alpha value is -1.73. The molecule has 2 rings (SSSR count). The summed E-state index contributed by atoms with van der Waals surface area (Å²) in [6, 6.07) is 0. The van der Waals surface area contributed by atoms with E-state index in [9.17, 15) is 0 Å². The van der Waals surface area contributed by atoms with E-state index in [2.05, 4.69) is 16.3 Å². The maximum Gasteiger partial charge on any atom is 0.350 e. The Morgan fingerprint density at radius 1 is 1.38 bits per heavy atom. The second-order valence-electron chi connectivity index (χ2n) is 3.13. The smallest absolute Gasteiger partial charge is 0.175 e. The number of hydrogen-bond donors (Lipinski definition) is 0. The van der Waals surface area contributed by atoms with Gasteiger partial charge >= 0.3 is 6.19 Å². The minimum Gasteiger partial charge on any atom is -0.175 e. The van der Waals surface area contributed by atoms with Crippen molar-refractivity contribution in [1.82, 2.24) is 0 Å². The molecule has 4 heteroatoms. The van der Waals surface area contributed by atoms with Crippen LogP contribution in [0.4, 0.5) is 0 Å². The molecule has 1 unspecified atom stereocenters. The molecule has 0 N–H and O–H groups in total. The van der Waals surface area contributed by atoms with Gasteiger partial charge in [-0.15, -0.1) is 5.26 Å². The largest absolute Gasteiger partial charge is 0.350 e. The molecule has 4 nitrogen and oxygen atoms in total. The number of amidine groups is 1. The summed E-state index contributed by atoms with van der Waals surface area (Å²) >= 11 is 0. The quantitative estimate of drug-likeness (QED) is 0.404. The number of fused-ring (bicyclic) bond motifs is 1. The Labute approximate surface area is 76.4 Å². The Balaban J connectivity index is 2.63. The van der Waals surface area contributed by atoms with Gasteiger partial charge in [-0.05, 0) is 22.2 Å². The van der Waals surface area contributed by atoms with Gasteiger partial charge in [-0.25, -0.2) is 0 Å². The van der Waals surface area contributed by atoms with E-state index in [1.54, 1.807) is 0 Å². The third-order valence-electron chi connectivity index (χ3n) is 2.19. The number of aliphatic imine (C=N–C) groups is 1. The highest BCUT2D eigenvalue weighted by atomic mass is 15.7. The molecule has 1 atom stereocenters. The summed E-state index contributed by atoms with van der Waals surface area (Å²) in [6.45, 7) is 3.87. The summed E-state index contributed by atoms with van der Waals surface area (Å²) in [6.07, 6.45) is 7.41. The van der Waals surface area contributed by atoms with Crippen molar-refractivity contribution in [3.63, 3.8) is 0 Å². The fourth-order valence-corrected chi connectivity index (χ4v) is 1.53. The fraction of sp³-hybridized carbons (Fsp3) is 0.222. The number of quaternary nitrogens is 1. The van der Waals surface area contributed by atoms with Crippen LogP contribution in [0.1, 0.15) is 13.8 Å². The molecule has 0 aromatic rings. The van der Waals surface area contributed by atoms with Crippen molar-refractivity contribution >= 4 is 12.2 Å². The van der Waals surface area contributed by atoms with Crippen LogP contribution in [0, 0.1) is 11.5 Å². The number of rotatable bonds is 0. The van der Waals surface area contributed by atoms with Crippen LogP contribution < -0.4 is 0 Å². The molecule has 0 fully saturated rings. The second kappa shape index (κ2) is 2.38. The number of nitrogens with zero attached hydrogens (tertiary/aromatic N) is 4. The van der Waals surface area contributed by atoms with Gasteiger partial charge in [0.25, 0.3) is 5.84 Å². The van der Waals surface area contributed by atoms with E-state index >= 15 is 0 Å². The molecule has 0 amide bonds. The van der Waals surface area contributed by atoms with E-state index in [1.807, 2.05) is 26.0 Å². The van der Waals surface area contributed by atoms with Crippen molar-refractivity contribution in [3.8, 4) is 6.19 Å². The van der Waals surface area contributed by atoms with Crippen LogP contribution >= 0.6 is 0 Å². The lowest BCUT2D eigenvalue weighted by Crippen LogP contribution is -2.40. The first-order valence-electron chi connectivity index (χ1n) is 3.99. The van der Waals surface area contributed by atoms with Crippen LogP contribution in [-0.4, -0.2) is 16.8 Å². The number of allylic oxidation sites excluding steroid dienone is 3. The lowest BCUT2D eigenvalue weighted by atomic mass is 10.1. The summed E-state index contributed by atoms with van der Waals surface area (Å²) in [4.78, 5) is 4.06. The molecule has 0 saturated heterocycles. The maximum atomic E-state index is 9.07. The summed E-state index contributed by atoms with van der Waals surface area (Å²) in [5.41, 5.74) is 1.99. The van der Waals surface area contributed by atoms with Gasteiger partial charge < -0.3 is 0 Å². The van der Waals surface area contributed by atoms with E-state index in [4.69, 9.17) is 5.26 Å². The highest BCUT2D eigenvalue weighted by Gasteiger charge is 2.42. The van der Waals surface area contributed by atoms with Crippen LogP contribution in [0.2, 0.25) is 0 Å². The zero-order chi connectivity index (χ0) is 9.47. The van der Waals surface area contributed by atoms with Crippen LogP contribution in [0.5, 0.6) is 0 Å². The Morgan fingerprint density at radius 2 is 2.15 bits per heavy atom. The lowest BCUT2D eigenvalue weighted by molar-refractivity contribution is -0.734. The van der Waals surface area contributed by atoms with Gasteiger partial charge in [0.1, 0.15) is 0 Å². The van der Waals surface area contributed by atoms with E-state index in [-0.39, 0.29) is 4.59 Å². The third-order valence-corrected chi connectivity index (χ3v) is 2.19. The lowest BCUT2D eigenvalue weighted by Gasteiger charge is -2.21. The molecule has 0 bridgehead atoms. The van der Waals surface area contributed by atoms with Crippen LogP contribution in [0.25, 0.3) is 0 Å². The van der Waals surface area contributed by atoms with Crippen LogP contribution in [0.15, 0.2) is 33.5 Å². The van der Waals surface area contributed by atoms with Crippen molar-refractivity contribution < 1.29 is 4.59 Å². The molecule has 2 heterocycles. The van der Waals surface area contributed by atoms with Crippen molar-refractivity contribution in [1.29, 1.82) is 5.26 Å². The molecule has 0 aromatic carbocycles. The zero-order valence-corrected chi connectivity index (χ0v) is 7.52. The SMILES string of the molecule is CC1=CC2=NC=N[N+]2(C#N)C(C)=C1. The van der Waals surface area contributed by atoms with Gasteiger partial charge in [-0.3, -0.25) is 0 Å². The standard InChI is InChI=1S/C9H9N4/c1-7-3-8(2)13(5-10)9(4-7)11-6-12-13/h3-4,6H,1-2H3/q+1. The van der Waals surface area contributed by atoms with Gasteiger partial charge in [0, 0.05) is 19.1 Å². The predicted octanol–water partition coefficient (Wildman–Crippen LogP) is 1.50. The molecule has 64 valence electrons. The number of hydrogen-bond acceptors (Lipinski definition) is 3. The number of nitriles is 1. The summed E-state index contributed by atoms with van der Waals surface area (Å²) < 4.78 is -0.128. The fourth-order valence-electron chi connectivity index (χ4n) is 1.53. The van der Waals surface area contributed by atoms with Gasteiger partial charge in [0.05, 0.1) is 0 Å². The van der Waals surface area contributed by atoms with Crippen LogP contribution in [0.3, 0.4) is 0 Å². The molecule has 0 spiro atoms. The average molecular weight is 173 g/mol. The predicted molar refractivity (Wildman–Crippen MR) is 49.3 cm³/mol. The van der Waals surface area contributed by atoms with Crippen molar-refractivity contribution in [2.45, 2.75) is 13.8 Å². The topological polar surface area (TPSA) is 48.5 Å². The average Bonchev–Trinajstić information content (AvgIpc) is 2.48. The molecule has 0 saturated carbocycles. The molecular weight excluding hydrogens is 164 g/mol. The minimum absolute atomic E-state index is 0.128. The van der Waals surface area contributed by atoms with E-state index in [1.165, 1.54) is 6.34 Å². The van der Waals surface area contributed by atoms with Gasteiger partial charge in [-0.1, -0.05) is 0 Å². The Kier molecular flexibility index (Phi) is 1.44. The van der Waals surface area contributed by atoms with Crippen molar-refractivity contribution in [2.24, 2.45) is 10.1 Å². The molecule has 0 aliphatic carbocycles. The first-order chi connectivity index (χ1) is 6.19. The second-order valence-corrected chi connectivity index (χ2v) is 3.13. The summed E-state index contributed by atoms with van der Waals surface area (Å²) in [5.74, 6) is 0.681. The molecule has 0 aromatic heterocycles. The maximum absolute atomic E-state index is 9.07. The summed E-state index contributed by atoms with van der Waals surface area (Å²) in [7, 11) is 0. The van der Waals surface area contributed by atoms with E-state index in [0.29, 0.717) is 5.84 Å². The van der Waals surface area contributed by atoms with Gasteiger partial charge in [0.15, 0.2) is 12.0 Å². The summed E-state index contributed by atoms with van der Waals surface area (Å²) in [5, 5.41) is 13.1. The van der Waals surface area contributed by atoms with E-state index < -0.39 is 0 Å². The first-order valence-corrected chi connectivity index (χ1v) is 3.99. The normalized spacial score (nSPS) is 30.1. The minimum atomic E-state index is -0.128. The highest BCUT2D eigenvalue weighted by molar-refractivity contribution is 5.97. The first kappa shape index (κ1) is 7.90. The third kappa shape index (κ3) is 0.879. The van der Waals surface area contributed by atoms with Crippen LogP contribution in [-0.2, 0) is 0 Å². The highest BCUT2D eigenvalue weighted by Crippen LogP contribution is 2.28. The molecule has 13 heavy (non-hydrogen) atoms. The molecule has 2 aliphatic heterocycles. The molecule has 2 aliphatic rings. The molecule has 0 radical (unpaired) electrons. The molecular formula is C9H9N4+. The zero-order valence-electron chi connectivity index (χ0n) is 7.52. The van der Waals surface area contributed by atoms with E-state index in [0.717, 1.165) is 11.3 Å².